The van der Waals surface area contributed by atoms with Crippen LogP contribution in [0, 0.1) is 0 Å². The van der Waals surface area contributed by atoms with Gasteiger partial charge in [-0.25, -0.2) is 10.4 Å². The highest BCUT2D eigenvalue weighted by atomic mass is 35.5. The lowest BCUT2D eigenvalue weighted by Gasteiger charge is -2.24. The molecule has 0 saturated carbocycles. The number of fused-ring (bicyclic) bond motifs is 2. The van der Waals surface area contributed by atoms with Crippen LogP contribution in [0.5, 0.6) is 17.2 Å². The molecule has 1 atom stereocenters. The molecular weight excluding hydrogens is 382 g/mol. The van der Waals surface area contributed by atoms with Gasteiger partial charge in [0.1, 0.15) is 17.5 Å². The van der Waals surface area contributed by atoms with E-state index in [1.54, 1.807) is 19.2 Å². The van der Waals surface area contributed by atoms with E-state index in [9.17, 15) is 4.79 Å². The van der Waals surface area contributed by atoms with Crippen LogP contribution in [0.25, 0.3) is 10.9 Å². The third-order valence-corrected chi connectivity index (χ3v) is 4.48. The van der Waals surface area contributed by atoms with E-state index in [2.05, 4.69) is 15.5 Å². The van der Waals surface area contributed by atoms with Crippen molar-refractivity contribution in [3.8, 4) is 17.2 Å². The molecule has 0 saturated heterocycles. The van der Waals surface area contributed by atoms with Crippen LogP contribution in [-0.4, -0.2) is 36.9 Å². The molecule has 142 valence electrons. The molecule has 2 heterocycles. The van der Waals surface area contributed by atoms with Crippen molar-refractivity contribution in [3.63, 3.8) is 0 Å². The van der Waals surface area contributed by atoms with Crippen molar-refractivity contribution in [2.75, 3.05) is 13.7 Å². The van der Waals surface area contributed by atoms with Gasteiger partial charge in [-0.3, -0.25) is 4.79 Å². The molecule has 0 radical (unpaired) electrons. The molecule has 0 fully saturated rings. The van der Waals surface area contributed by atoms with Crippen molar-refractivity contribution in [1.29, 1.82) is 0 Å². The molecule has 0 aliphatic carbocycles. The average molecular weight is 398 g/mol. The summed E-state index contributed by atoms with van der Waals surface area (Å²) in [4.78, 5) is 16.6. The number of hydrogen-bond donors (Lipinski definition) is 1. The average Bonchev–Trinajstić information content (AvgIpc) is 2.73. The van der Waals surface area contributed by atoms with Crippen molar-refractivity contribution >= 4 is 34.6 Å². The number of ether oxygens (including phenoxy) is 3. The Kier molecular flexibility index (Phi) is 4.99. The minimum absolute atomic E-state index is 0.108. The van der Waals surface area contributed by atoms with Gasteiger partial charge in [-0.15, -0.1) is 0 Å². The molecule has 0 unspecified atom stereocenters. The van der Waals surface area contributed by atoms with Crippen LogP contribution in [0.15, 0.2) is 53.6 Å². The van der Waals surface area contributed by atoms with Crippen molar-refractivity contribution in [2.45, 2.75) is 6.10 Å². The normalized spacial score (nSPS) is 15.6. The van der Waals surface area contributed by atoms with E-state index in [0.29, 0.717) is 22.8 Å². The number of carbonyl (C=O) groups is 1. The molecule has 1 aromatic heterocycles. The van der Waals surface area contributed by atoms with E-state index in [1.165, 1.54) is 6.21 Å². The van der Waals surface area contributed by atoms with E-state index in [-0.39, 0.29) is 11.8 Å². The molecule has 1 aliphatic rings. The van der Waals surface area contributed by atoms with Gasteiger partial charge < -0.3 is 14.2 Å². The number of aromatic nitrogens is 1. The lowest BCUT2D eigenvalue weighted by Crippen LogP contribution is -2.42. The molecule has 0 bridgehead atoms. The zero-order valence-corrected chi connectivity index (χ0v) is 15.6. The maximum absolute atomic E-state index is 12.3. The molecule has 7 nitrogen and oxygen atoms in total. The van der Waals surface area contributed by atoms with Gasteiger partial charge in [0.2, 0.25) is 6.10 Å². The highest BCUT2D eigenvalue weighted by Gasteiger charge is 2.27. The van der Waals surface area contributed by atoms with Gasteiger partial charge in [0.25, 0.3) is 5.91 Å². The van der Waals surface area contributed by atoms with Crippen molar-refractivity contribution in [2.24, 2.45) is 5.10 Å². The molecule has 4 rings (SSSR count). The molecule has 2 aromatic carbocycles. The predicted octanol–water partition coefficient (Wildman–Crippen LogP) is 3.19. The van der Waals surface area contributed by atoms with Crippen LogP contribution in [0.1, 0.15) is 5.56 Å². The Hall–Kier alpha value is -3.32. The Morgan fingerprint density at radius 1 is 1.29 bits per heavy atom. The molecule has 28 heavy (non-hydrogen) atoms. The zero-order chi connectivity index (χ0) is 19.5. The number of hydrogen-bond acceptors (Lipinski definition) is 6. The van der Waals surface area contributed by atoms with Crippen molar-refractivity contribution in [3.05, 3.63) is 59.2 Å². The number of carbonyl (C=O) groups excluding carboxylic acids is 1. The van der Waals surface area contributed by atoms with Crippen LogP contribution in [0.4, 0.5) is 0 Å². The summed E-state index contributed by atoms with van der Waals surface area (Å²) in [6.07, 6.45) is 0.644. The first kappa shape index (κ1) is 18.1. The Morgan fingerprint density at radius 2 is 2.11 bits per heavy atom. The number of nitrogens with zero attached hydrogens (tertiary/aromatic N) is 2. The lowest BCUT2D eigenvalue weighted by atomic mass is 10.1. The van der Waals surface area contributed by atoms with Gasteiger partial charge in [0.05, 0.1) is 18.8 Å². The number of halogens is 1. The maximum Gasteiger partial charge on any atom is 0.284 e. The number of pyridine rings is 1. The van der Waals surface area contributed by atoms with Crippen LogP contribution in [0.3, 0.4) is 0 Å². The number of nitrogens with one attached hydrogen (secondary N) is 1. The number of rotatable bonds is 4. The lowest BCUT2D eigenvalue weighted by molar-refractivity contribution is -0.130. The van der Waals surface area contributed by atoms with Crippen LogP contribution >= 0.6 is 11.6 Å². The second-order valence-electron chi connectivity index (χ2n) is 6.03. The van der Waals surface area contributed by atoms with E-state index in [1.807, 2.05) is 36.4 Å². The number of para-hydroxylation sites is 2. The summed E-state index contributed by atoms with van der Waals surface area (Å²) in [6.45, 7) is 0.108. The van der Waals surface area contributed by atoms with Gasteiger partial charge in [0, 0.05) is 10.9 Å². The Labute approximate surface area is 165 Å². The monoisotopic (exact) mass is 397 g/mol. The Bertz CT molecular complexity index is 1070. The molecule has 3 aromatic rings. The number of methoxy groups -OCH3 is 1. The quantitative estimate of drug-likeness (QED) is 0.415. The summed E-state index contributed by atoms with van der Waals surface area (Å²) in [6, 6.07) is 14.5. The SMILES string of the molecule is COc1ccc2nc(Cl)c(/C=N\NC(=O)[C@@H]3COc4ccccc4O3)cc2c1. The highest BCUT2D eigenvalue weighted by molar-refractivity contribution is 6.32. The minimum Gasteiger partial charge on any atom is -0.497 e. The second kappa shape index (κ2) is 7.74. The smallest absolute Gasteiger partial charge is 0.284 e. The van der Waals surface area contributed by atoms with Gasteiger partial charge >= 0.3 is 0 Å². The van der Waals surface area contributed by atoms with Crippen LogP contribution in [-0.2, 0) is 4.79 Å². The van der Waals surface area contributed by atoms with Crippen LogP contribution < -0.4 is 19.6 Å². The fourth-order valence-electron chi connectivity index (χ4n) is 2.75. The third kappa shape index (κ3) is 3.70. The second-order valence-corrected chi connectivity index (χ2v) is 6.38. The maximum atomic E-state index is 12.3. The molecule has 8 heteroatoms. The summed E-state index contributed by atoms with van der Waals surface area (Å²) in [5.74, 6) is 1.42. The first-order valence-electron chi connectivity index (χ1n) is 8.50. The summed E-state index contributed by atoms with van der Waals surface area (Å²) in [7, 11) is 1.60. The minimum atomic E-state index is -0.790. The van der Waals surface area contributed by atoms with Gasteiger partial charge in [-0.1, -0.05) is 23.7 Å². The summed E-state index contributed by atoms with van der Waals surface area (Å²) < 4.78 is 16.4. The van der Waals surface area contributed by atoms with E-state index in [0.717, 1.165) is 10.9 Å². The highest BCUT2D eigenvalue weighted by Crippen LogP contribution is 2.30. The predicted molar refractivity (Wildman–Crippen MR) is 105 cm³/mol. The van der Waals surface area contributed by atoms with E-state index < -0.39 is 12.0 Å². The Balaban J connectivity index is 1.46. The fraction of sp³-hybridized carbons (Fsp3) is 0.150. The summed E-state index contributed by atoms with van der Waals surface area (Å²) >= 11 is 6.21. The van der Waals surface area contributed by atoms with Gasteiger partial charge in [0.15, 0.2) is 11.5 Å². The first-order valence-corrected chi connectivity index (χ1v) is 8.87. The molecule has 1 N–H and O–H groups in total. The molecule has 1 amide bonds. The zero-order valence-electron chi connectivity index (χ0n) is 14.9. The summed E-state index contributed by atoms with van der Waals surface area (Å²) in [5.41, 5.74) is 3.74. The molecule has 1 aliphatic heterocycles. The number of hydrazone groups is 1. The van der Waals surface area contributed by atoms with Gasteiger partial charge in [-0.2, -0.15) is 5.10 Å². The van der Waals surface area contributed by atoms with Crippen molar-refractivity contribution < 1.29 is 19.0 Å². The van der Waals surface area contributed by atoms with E-state index >= 15 is 0 Å². The number of benzene rings is 2. The molecule has 0 spiro atoms. The standard InChI is InChI=1S/C20H16ClN3O4/c1-26-14-6-7-15-12(9-14)8-13(19(21)23-15)10-22-24-20(25)18-11-27-16-4-2-3-5-17(16)28-18/h2-10,18H,11H2,1H3,(H,24,25)/b22-10-/t18-/m0/s1. The first-order chi connectivity index (χ1) is 13.6. The topological polar surface area (TPSA) is 82.0 Å². The fourth-order valence-corrected chi connectivity index (χ4v) is 2.95. The van der Waals surface area contributed by atoms with Crippen LogP contribution in [0.2, 0.25) is 5.15 Å². The number of amides is 1. The molecular formula is C20H16ClN3O4. The largest absolute Gasteiger partial charge is 0.497 e. The van der Waals surface area contributed by atoms with E-state index in [4.69, 9.17) is 25.8 Å². The third-order valence-electron chi connectivity index (χ3n) is 4.18. The van der Waals surface area contributed by atoms with Crippen molar-refractivity contribution in [1.82, 2.24) is 10.4 Å². The Morgan fingerprint density at radius 3 is 2.93 bits per heavy atom. The summed E-state index contributed by atoms with van der Waals surface area (Å²) in [5, 5.41) is 5.09. The van der Waals surface area contributed by atoms with Gasteiger partial charge in [-0.05, 0) is 36.4 Å².